The Balaban J connectivity index is 1.32. The topological polar surface area (TPSA) is 62.3 Å². The molecule has 2 aromatic rings. The average molecular weight is 345 g/mol. The van der Waals surface area contributed by atoms with E-state index in [1.165, 1.54) is 0 Å². The number of fused-ring (bicyclic) bond motifs is 1. The Morgan fingerprint density at radius 3 is 2.79 bits per heavy atom. The van der Waals surface area contributed by atoms with E-state index in [1.54, 1.807) is 0 Å². The fourth-order valence-electron chi connectivity index (χ4n) is 3.38. The molecular formula is C18H23N3O2S. The molecule has 1 aliphatic carbocycles. The molecule has 24 heavy (non-hydrogen) atoms. The number of hydrogen-bond donors (Lipinski definition) is 1. The zero-order chi connectivity index (χ0) is 16.6. The van der Waals surface area contributed by atoms with Crippen molar-refractivity contribution < 1.29 is 8.42 Å². The number of pyridine rings is 1. The largest absolute Gasteiger partial charge is 0.297 e. The molecule has 5 nitrogen and oxygen atoms in total. The Hall–Kier alpha value is -1.50. The molecule has 2 heterocycles. The highest BCUT2D eigenvalue weighted by Gasteiger charge is 2.36. The number of para-hydroxylation sites is 1. The van der Waals surface area contributed by atoms with Crippen molar-refractivity contribution in [3.05, 3.63) is 42.1 Å². The molecule has 2 aliphatic rings. The van der Waals surface area contributed by atoms with Crippen LogP contribution < -0.4 is 4.72 Å². The number of nitrogens with one attached hydrogen (secondary N) is 1. The summed E-state index contributed by atoms with van der Waals surface area (Å²) in [4.78, 5) is 7.10. The van der Waals surface area contributed by atoms with Gasteiger partial charge in [-0.1, -0.05) is 24.3 Å². The van der Waals surface area contributed by atoms with E-state index in [9.17, 15) is 8.42 Å². The SMILES string of the molecule is O=S(=O)(NC[C@H]1CCN(Cc2ccc3ccccc3n2)C1)C1CC1. The second-order valence-corrected chi connectivity index (χ2v) is 9.02. The van der Waals surface area contributed by atoms with Crippen LogP contribution in [0.2, 0.25) is 0 Å². The van der Waals surface area contributed by atoms with Gasteiger partial charge in [0.25, 0.3) is 0 Å². The van der Waals surface area contributed by atoms with E-state index in [4.69, 9.17) is 4.98 Å². The van der Waals surface area contributed by atoms with Crippen molar-refractivity contribution in [3.63, 3.8) is 0 Å². The van der Waals surface area contributed by atoms with Gasteiger partial charge in [-0.25, -0.2) is 13.1 Å². The zero-order valence-corrected chi connectivity index (χ0v) is 14.5. The van der Waals surface area contributed by atoms with E-state index in [0.29, 0.717) is 12.5 Å². The van der Waals surface area contributed by atoms with Gasteiger partial charge in [0.15, 0.2) is 0 Å². The number of aromatic nitrogens is 1. The molecule has 6 heteroatoms. The van der Waals surface area contributed by atoms with Gasteiger partial charge in [-0.05, 0) is 43.9 Å². The van der Waals surface area contributed by atoms with E-state index in [-0.39, 0.29) is 5.25 Å². The fourth-order valence-corrected chi connectivity index (χ4v) is 4.84. The Bertz CT molecular complexity index is 833. The average Bonchev–Trinajstić information content (AvgIpc) is 3.35. The molecule has 1 aliphatic heterocycles. The van der Waals surface area contributed by atoms with E-state index in [2.05, 4.69) is 27.8 Å². The lowest BCUT2D eigenvalue weighted by Crippen LogP contribution is -2.33. The molecule has 0 unspecified atom stereocenters. The monoisotopic (exact) mass is 345 g/mol. The molecular weight excluding hydrogens is 322 g/mol. The van der Waals surface area contributed by atoms with Crippen molar-refractivity contribution in [2.45, 2.75) is 31.1 Å². The highest BCUT2D eigenvalue weighted by Crippen LogP contribution is 2.28. The lowest BCUT2D eigenvalue weighted by atomic mass is 10.1. The van der Waals surface area contributed by atoms with Gasteiger partial charge >= 0.3 is 0 Å². The quantitative estimate of drug-likeness (QED) is 0.871. The minimum atomic E-state index is -3.06. The summed E-state index contributed by atoms with van der Waals surface area (Å²) in [5.74, 6) is 0.402. The minimum absolute atomic E-state index is 0.128. The maximum Gasteiger partial charge on any atom is 0.214 e. The molecule has 1 N–H and O–H groups in total. The van der Waals surface area contributed by atoms with Gasteiger partial charge in [0.05, 0.1) is 16.5 Å². The fraction of sp³-hybridized carbons (Fsp3) is 0.500. The summed E-state index contributed by atoms with van der Waals surface area (Å²) in [6, 6.07) is 12.4. The van der Waals surface area contributed by atoms with Gasteiger partial charge in [0, 0.05) is 25.0 Å². The Morgan fingerprint density at radius 1 is 1.12 bits per heavy atom. The number of hydrogen-bond acceptors (Lipinski definition) is 4. The summed E-state index contributed by atoms with van der Waals surface area (Å²) in [6.07, 6.45) is 2.68. The van der Waals surface area contributed by atoms with Crippen LogP contribution in [-0.4, -0.2) is 43.2 Å². The Morgan fingerprint density at radius 2 is 1.96 bits per heavy atom. The molecule has 1 aromatic carbocycles. The van der Waals surface area contributed by atoms with Crippen LogP contribution in [0.1, 0.15) is 25.0 Å². The van der Waals surface area contributed by atoms with Gasteiger partial charge in [-0.2, -0.15) is 0 Å². The summed E-state index contributed by atoms with van der Waals surface area (Å²) in [7, 11) is -3.06. The van der Waals surface area contributed by atoms with Gasteiger partial charge in [-0.3, -0.25) is 9.88 Å². The third kappa shape index (κ3) is 3.61. The molecule has 1 saturated heterocycles. The van der Waals surface area contributed by atoms with Gasteiger partial charge in [0.1, 0.15) is 0 Å². The van der Waals surface area contributed by atoms with Crippen LogP contribution in [-0.2, 0) is 16.6 Å². The predicted octanol–water partition coefficient (Wildman–Crippen LogP) is 2.14. The molecule has 4 rings (SSSR count). The highest BCUT2D eigenvalue weighted by atomic mass is 32.2. The second kappa shape index (κ2) is 6.43. The first-order valence-electron chi connectivity index (χ1n) is 8.66. The molecule has 0 amide bonds. The summed E-state index contributed by atoms with van der Waals surface area (Å²) in [5.41, 5.74) is 2.11. The Labute approximate surface area is 143 Å². The normalized spacial score (nSPS) is 22.2. The number of nitrogens with zero attached hydrogens (tertiary/aromatic N) is 2. The van der Waals surface area contributed by atoms with Crippen LogP contribution >= 0.6 is 0 Å². The van der Waals surface area contributed by atoms with E-state index in [0.717, 1.165) is 55.5 Å². The van der Waals surface area contributed by atoms with Gasteiger partial charge < -0.3 is 0 Å². The molecule has 0 spiro atoms. The van der Waals surface area contributed by atoms with E-state index in [1.807, 2.05) is 18.2 Å². The Kier molecular flexibility index (Phi) is 4.28. The van der Waals surface area contributed by atoms with Crippen LogP contribution in [0.5, 0.6) is 0 Å². The predicted molar refractivity (Wildman–Crippen MR) is 95.1 cm³/mol. The summed E-state index contributed by atoms with van der Waals surface area (Å²) in [5, 5.41) is 1.03. The molecule has 0 bridgehead atoms. The highest BCUT2D eigenvalue weighted by molar-refractivity contribution is 7.90. The maximum absolute atomic E-state index is 11.9. The molecule has 1 aromatic heterocycles. The third-order valence-corrected chi connectivity index (χ3v) is 6.87. The van der Waals surface area contributed by atoms with Crippen molar-refractivity contribution in [2.24, 2.45) is 5.92 Å². The minimum Gasteiger partial charge on any atom is -0.297 e. The van der Waals surface area contributed by atoms with E-state index >= 15 is 0 Å². The van der Waals surface area contributed by atoms with Crippen molar-refractivity contribution in [1.29, 1.82) is 0 Å². The van der Waals surface area contributed by atoms with Crippen LogP contribution in [0.25, 0.3) is 10.9 Å². The van der Waals surface area contributed by atoms with Crippen LogP contribution in [0.15, 0.2) is 36.4 Å². The number of benzene rings is 1. The first kappa shape index (κ1) is 16.0. The van der Waals surface area contributed by atoms with Crippen LogP contribution in [0, 0.1) is 5.92 Å². The molecule has 2 fully saturated rings. The van der Waals surface area contributed by atoms with Crippen LogP contribution in [0.4, 0.5) is 0 Å². The van der Waals surface area contributed by atoms with Gasteiger partial charge in [0.2, 0.25) is 10.0 Å². The number of sulfonamides is 1. The first-order chi connectivity index (χ1) is 11.6. The van der Waals surface area contributed by atoms with Crippen molar-refractivity contribution in [2.75, 3.05) is 19.6 Å². The third-order valence-electron chi connectivity index (χ3n) is 4.95. The summed E-state index contributed by atoms with van der Waals surface area (Å²) >= 11 is 0. The molecule has 1 atom stereocenters. The maximum atomic E-state index is 11.9. The molecule has 0 radical (unpaired) electrons. The molecule has 128 valence electrons. The number of rotatable bonds is 6. The number of likely N-dealkylation sites (tertiary alicyclic amines) is 1. The second-order valence-electron chi connectivity index (χ2n) is 6.98. The lowest BCUT2D eigenvalue weighted by molar-refractivity contribution is 0.313. The van der Waals surface area contributed by atoms with Crippen molar-refractivity contribution in [1.82, 2.24) is 14.6 Å². The van der Waals surface area contributed by atoms with E-state index < -0.39 is 10.0 Å². The lowest BCUT2D eigenvalue weighted by Gasteiger charge is -2.16. The summed E-state index contributed by atoms with van der Waals surface area (Å²) in [6.45, 7) is 3.34. The first-order valence-corrected chi connectivity index (χ1v) is 10.2. The standard InChI is InChI=1S/C18H23N3O2S/c22-24(23,17-7-8-17)19-11-14-9-10-21(12-14)13-16-6-5-15-3-1-2-4-18(15)20-16/h1-6,14,17,19H,7-13H2/t14-/m1/s1. The molecule has 1 saturated carbocycles. The van der Waals surface area contributed by atoms with Crippen molar-refractivity contribution in [3.8, 4) is 0 Å². The van der Waals surface area contributed by atoms with Gasteiger partial charge in [-0.15, -0.1) is 0 Å². The zero-order valence-electron chi connectivity index (χ0n) is 13.7. The smallest absolute Gasteiger partial charge is 0.214 e. The summed E-state index contributed by atoms with van der Waals surface area (Å²) < 4.78 is 26.6. The van der Waals surface area contributed by atoms with Crippen LogP contribution in [0.3, 0.4) is 0 Å². The van der Waals surface area contributed by atoms with Crippen molar-refractivity contribution >= 4 is 20.9 Å².